The number of allylic oxidation sites excluding steroid dienone is 2. The summed E-state index contributed by atoms with van der Waals surface area (Å²) >= 11 is 0. The van der Waals surface area contributed by atoms with Gasteiger partial charge in [-0.2, -0.15) is 26.3 Å². The summed E-state index contributed by atoms with van der Waals surface area (Å²) < 4.78 is 67.2. The summed E-state index contributed by atoms with van der Waals surface area (Å²) in [5, 5.41) is 0. The molecule has 0 fully saturated rings. The van der Waals surface area contributed by atoms with Crippen LogP contribution >= 0.6 is 0 Å². The average molecular weight is 178 g/mol. The fraction of sp³-hybridized carbons (Fsp3) is 0.250. The zero-order valence-corrected chi connectivity index (χ0v) is 4.68. The van der Waals surface area contributed by atoms with Crippen molar-refractivity contribution in [3.8, 4) is 0 Å². The molecule has 11 heavy (non-hydrogen) atoms. The van der Waals surface area contributed by atoms with Crippen molar-refractivity contribution in [1.82, 2.24) is 0 Å². The van der Waals surface area contributed by atoms with Gasteiger partial charge in [-0.05, 0) is 0 Å². The fourth-order valence-corrected chi connectivity index (χ4v) is 0.211. The topological polar surface area (TPSA) is 17.1 Å². The van der Waals surface area contributed by atoms with Gasteiger partial charge >= 0.3 is 12.2 Å². The third-order valence-corrected chi connectivity index (χ3v) is 0.614. The molecule has 0 aromatic carbocycles. The molecule has 0 unspecified atom stereocenters. The van der Waals surface area contributed by atoms with Crippen molar-refractivity contribution in [2.75, 3.05) is 0 Å². The van der Waals surface area contributed by atoms with Gasteiger partial charge in [0, 0.05) is 0 Å². The van der Waals surface area contributed by atoms with E-state index in [2.05, 4.69) is 0 Å². The van der Waals surface area contributed by atoms with Crippen molar-refractivity contribution >= 4 is 6.04 Å². The van der Waals surface area contributed by atoms with E-state index < -0.39 is 23.9 Å². The van der Waals surface area contributed by atoms with Gasteiger partial charge in [0.05, 0.1) is 0 Å². The minimum absolute atomic E-state index is 3.06. The molecule has 0 aliphatic heterocycles. The molecule has 7 heteroatoms. The minimum atomic E-state index is -5.66. The first-order chi connectivity index (χ1) is 4.76. The second-order valence-electron chi connectivity index (χ2n) is 1.40. The normalized spacial score (nSPS) is 14.4. The fourth-order valence-electron chi connectivity index (χ4n) is 0.211. The highest BCUT2D eigenvalue weighted by Crippen LogP contribution is 2.29. The highest BCUT2D eigenvalue weighted by molar-refractivity contribution is 5.85. The van der Waals surface area contributed by atoms with Crippen LogP contribution in [0.3, 0.4) is 0 Å². The van der Waals surface area contributed by atoms with Crippen LogP contribution in [0.15, 0.2) is 11.7 Å². The van der Waals surface area contributed by atoms with E-state index in [0.717, 1.165) is 0 Å². The van der Waals surface area contributed by atoms with Crippen molar-refractivity contribution in [2.24, 2.45) is 0 Å². The van der Waals surface area contributed by atoms with Crippen LogP contribution in [0.4, 0.5) is 26.3 Å². The highest BCUT2D eigenvalue weighted by atomic mass is 19.4. The second kappa shape index (κ2) is 2.93. The summed E-state index contributed by atoms with van der Waals surface area (Å²) in [7, 11) is 0. The molecule has 0 amide bonds. The van der Waals surface area contributed by atoms with Gasteiger partial charge in [0.2, 0.25) is 11.7 Å². The smallest absolute Gasteiger partial charge is 0.253 e. The number of carbonyl (C=O) groups is 1. The molecule has 0 rings (SSSR count). The highest BCUT2D eigenvalue weighted by Gasteiger charge is 2.40. The second-order valence-corrected chi connectivity index (χ2v) is 1.40. The third kappa shape index (κ3) is 2.60. The molecular formula is C4F6O. The Balaban J connectivity index is 4.82. The number of carbonyl (C=O) groups excluding carboxylic acids is 1. The summed E-state index contributed by atoms with van der Waals surface area (Å²) in [5.41, 5.74) is 0. The van der Waals surface area contributed by atoms with E-state index >= 15 is 0 Å². The van der Waals surface area contributed by atoms with Crippen LogP contribution in [-0.4, -0.2) is 12.2 Å². The predicted octanol–water partition coefficient (Wildman–Crippen LogP) is 2.20. The predicted molar refractivity (Wildman–Crippen MR) is 21.4 cm³/mol. The van der Waals surface area contributed by atoms with Crippen LogP contribution in [-0.2, 0) is 4.79 Å². The van der Waals surface area contributed by atoms with E-state index in [1.165, 1.54) is 0 Å². The molecule has 0 bridgehead atoms. The van der Waals surface area contributed by atoms with E-state index in [4.69, 9.17) is 0 Å². The molecular weight excluding hydrogens is 178 g/mol. The van der Waals surface area contributed by atoms with Crippen molar-refractivity contribution in [3.05, 3.63) is 11.7 Å². The molecule has 64 valence electrons. The quantitative estimate of drug-likeness (QED) is 0.341. The van der Waals surface area contributed by atoms with Crippen molar-refractivity contribution in [3.63, 3.8) is 0 Å². The molecule has 0 aromatic rings. The first kappa shape index (κ1) is 9.99. The molecule has 0 aromatic heterocycles. The van der Waals surface area contributed by atoms with Gasteiger partial charge in [0.1, 0.15) is 0 Å². The van der Waals surface area contributed by atoms with Gasteiger partial charge in [-0.1, -0.05) is 0 Å². The van der Waals surface area contributed by atoms with Gasteiger partial charge in [0.15, 0.2) is 0 Å². The molecule has 0 N–H and O–H groups in total. The van der Waals surface area contributed by atoms with Crippen LogP contribution in [0.2, 0.25) is 0 Å². The molecule has 0 aliphatic rings. The number of halogens is 6. The maximum atomic E-state index is 11.5. The Morgan fingerprint density at radius 1 is 1.00 bits per heavy atom. The van der Waals surface area contributed by atoms with Crippen LogP contribution in [0.25, 0.3) is 0 Å². The van der Waals surface area contributed by atoms with Crippen molar-refractivity contribution in [1.29, 1.82) is 0 Å². The SMILES string of the molecule is O=C(F)/C(F)=C(\F)C(F)(F)F. The van der Waals surface area contributed by atoms with Crippen molar-refractivity contribution in [2.45, 2.75) is 6.18 Å². The van der Waals surface area contributed by atoms with Crippen LogP contribution in [0.1, 0.15) is 0 Å². The van der Waals surface area contributed by atoms with Gasteiger partial charge in [0.25, 0.3) is 0 Å². The lowest BCUT2D eigenvalue weighted by molar-refractivity contribution is -0.131. The van der Waals surface area contributed by atoms with Gasteiger partial charge in [-0.25, -0.2) is 0 Å². The summed E-state index contributed by atoms with van der Waals surface area (Å²) in [6, 6.07) is -3.08. The van der Waals surface area contributed by atoms with Crippen LogP contribution in [0.5, 0.6) is 0 Å². The molecule has 0 heterocycles. The molecule has 0 spiro atoms. The Morgan fingerprint density at radius 2 is 1.36 bits per heavy atom. The molecule has 0 saturated heterocycles. The average Bonchev–Trinajstić information content (AvgIpc) is 1.82. The Bertz CT molecular complexity index is 201. The van der Waals surface area contributed by atoms with Crippen LogP contribution in [0, 0.1) is 0 Å². The van der Waals surface area contributed by atoms with Gasteiger partial charge in [-0.3, -0.25) is 4.79 Å². The molecule has 0 aliphatic carbocycles. The van der Waals surface area contributed by atoms with Crippen molar-refractivity contribution < 1.29 is 31.1 Å². The number of alkyl halides is 3. The summed E-state index contributed by atoms with van der Waals surface area (Å²) in [5.74, 6) is -6.41. The summed E-state index contributed by atoms with van der Waals surface area (Å²) in [4.78, 5) is 9.19. The Labute approximate surface area is 56.3 Å². The zero-order valence-electron chi connectivity index (χ0n) is 4.68. The van der Waals surface area contributed by atoms with E-state index in [-0.39, 0.29) is 0 Å². The zero-order chi connectivity index (χ0) is 9.23. The minimum Gasteiger partial charge on any atom is -0.253 e. The number of hydrogen-bond acceptors (Lipinski definition) is 1. The van der Waals surface area contributed by atoms with Gasteiger partial charge < -0.3 is 0 Å². The Kier molecular flexibility index (Phi) is 2.66. The maximum absolute atomic E-state index is 11.5. The van der Waals surface area contributed by atoms with E-state index in [9.17, 15) is 31.1 Å². The molecule has 0 radical (unpaired) electrons. The van der Waals surface area contributed by atoms with Crippen LogP contribution < -0.4 is 0 Å². The third-order valence-electron chi connectivity index (χ3n) is 0.614. The monoisotopic (exact) mass is 178 g/mol. The summed E-state index contributed by atoms with van der Waals surface area (Å²) in [6.07, 6.45) is -5.66. The van der Waals surface area contributed by atoms with E-state index in [1.54, 1.807) is 0 Å². The van der Waals surface area contributed by atoms with Gasteiger partial charge in [-0.15, -0.1) is 0 Å². The molecule has 0 saturated carbocycles. The molecule has 0 atom stereocenters. The summed E-state index contributed by atoms with van der Waals surface area (Å²) in [6.45, 7) is 0. The maximum Gasteiger partial charge on any atom is 0.446 e. The number of hydrogen-bond donors (Lipinski definition) is 0. The lowest BCUT2D eigenvalue weighted by Gasteiger charge is -2.00. The first-order valence-corrected chi connectivity index (χ1v) is 2.09. The lowest BCUT2D eigenvalue weighted by atomic mass is 10.4. The first-order valence-electron chi connectivity index (χ1n) is 2.09. The standard InChI is InChI=1S/C4F6O/c5-1(3(7)11)2(6)4(8,9)10/b2-1+. The van der Waals surface area contributed by atoms with E-state index in [0.29, 0.717) is 0 Å². The Hall–Kier alpha value is -1.01. The number of rotatable bonds is 1. The Morgan fingerprint density at radius 3 is 1.45 bits per heavy atom. The largest absolute Gasteiger partial charge is 0.446 e. The van der Waals surface area contributed by atoms with E-state index in [1.807, 2.05) is 0 Å². The molecule has 1 nitrogen and oxygen atoms in total. The lowest BCUT2D eigenvalue weighted by Crippen LogP contribution is -2.11.